The lowest BCUT2D eigenvalue weighted by Crippen LogP contribution is -2.61. The number of amides is 4. The highest BCUT2D eigenvalue weighted by atomic mass is 19.1. The van der Waals surface area contributed by atoms with Crippen molar-refractivity contribution in [3.05, 3.63) is 35.6 Å². The van der Waals surface area contributed by atoms with E-state index in [9.17, 15) is 18.8 Å². The van der Waals surface area contributed by atoms with Gasteiger partial charge in [-0.05, 0) is 44.4 Å². The molecule has 31 heavy (non-hydrogen) atoms. The molecule has 1 fully saturated rings. The second kappa shape index (κ2) is 8.56. The average molecular weight is 428 g/mol. The van der Waals surface area contributed by atoms with Crippen LogP contribution in [0, 0.1) is 5.82 Å². The zero-order chi connectivity index (χ0) is 22.1. The van der Waals surface area contributed by atoms with E-state index in [4.69, 9.17) is 0 Å². The van der Waals surface area contributed by atoms with Crippen LogP contribution >= 0.6 is 0 Å². The Labute approximate surface area is 180 Å². The highest BCUT2D eigenvalue weighted by molar-refractivity contribution is 6.48. The van der Waals surface area contributed by atoms with Gasteiger partial charge in [0.15, 0.2) is 12.3 Å². The summed E-state index contributed by atoms with van der Waals surface area (Å²) in [5.74, 6) is -1.03. The Balaban J connectivity index is 1.64. The van der Waals surface area contributed by atoms with Gasteiger partial charge in [-0.15, -0.1) is 0 Å². The molecule has 1 aromatic rings. The maximum atomic E-state index is 13.3. The lowest BCUT2D eigenvalue weighted by Gasteiger charge is -2.28. The SMILES string of the molecule is CCN1N=C(C)C2=[N+](CC(=O)NC3CCCC3)C(=O)N(Cc3ccc(F)cc3)C(=O)C21. The van der Waals surface area contributed by atoms with Crippen LogP contribution < -0.4 is 5.32 Å². The van der Waals surface area contributed by atoms with E-state index in [0.29, 0.717) is 23.5 Å². The summed E-state index contributed by atoms with van der Waals surface area (Å²) in [6.07, 6.45) is 4.06. The zero-order valence-electron chi connectivity index (χ0n) is 17.8. The van der Waals surface area contributed by atoms with E-state index in [-0.39, 0.29) is 30.9 Å². The molecule has 0 spiro atoms. The van der Waals surface area contributed by atoms with Crippen molar-refractivity contribution in [2.75, 3.05) is 13.1 Å². The number of imide groups is 1. The third-order valence-corrected chi connectivity index (χ3v) is 6.06. The molecular formula is C22H27FN5O3+. The van der Waals surface area contributed by atoms with Crippen LogP contribution in [0.3, 0.4) is 0 Å². The Hall–Kier alpha value is -3.10. The van der Waals surface area contributed by atoms with Crippen molar-refractivity contribution < 1.29 is 23.3 Å². The topological polar surface area (TPSA) is 85.1 Å². The Morgan fingerprint density at radius 2 is 1.90 bits per heavy atom. The van der Waals surface area contributed by atoms with E-state index >= 15 is 0 Å². The molecule has 0 aromatic heterocycles. The van der Waals surface area contributed by atoms with Gasteiger partial charge in [-0.2, -0.15) is 19.4 Å². The number of rotatable bonds is 6. The molecule has 0 radical (unpaired) electrons. The number of hydrazone groups is 1. The number of carbonyl (C=O) groups is 3. The third kappa shape index (κ3) is 4.08. The normalized spacial score (nSPS) is 21.6. The molecule has 164 valence electrons. The summed E-state index contributed by atoms with van der Waals surface area (Å²) in [7, 11) is 0. The van der Waals surface area contributed by atoms with Crippen molar-refractivity contribution in [3.8, 4) is 0 Å². The first-order valence-electron chi connectivity index (χ1n) is 10.7. The van der Waals surface area contributed by atoms with E-state index in [1.165, 1.54) is 16.7 Å². The molecule has 2 aliphatic heterocycles. The van der Waals surface area contributed by atoms with Gasteiger partial charge in [0.25, 0.3) is 5.91 Å². The second-order valence-corrected chi connectivity index (χ2v) is 8.20. The standard InChI is InChI=1S/C22H26FN5O3/c1-3-28-20-19(14(2)25-28)26(13-18(29)24-17-6-4-5-7-17)22(31)27(21(20)30)12-15-8-10-16(23)11-9-15/h8-11,17,20H,3-7,12-13H2,1-2H3/p+1. The molecule has 1 unspecified atom stereocenters. The number of halogens is 1. The van der Waals surface area contributed by atoms with E-state index in [2.05, 4.69) is 10.4 Å². The summed E-state index contributed by atoms with van der Waals surface area (Å²) >= 11 is 0. The smallest absolute Gasteiger partial charge is 0.350 e. The predicted molar refractivity (Wildman–Crippen MR) is 112 cm³/mol. The van der Waals surface area contributed by atoms with Gasteiger partial charge in [-0.1, -0.05) is 25.0 Å². The highest BCUT2D eigenvalue weighted by Crippen LogP contribution is 2.23. The molecule has 1 atom stereocenters. The molecule has 0 bridgehead atoms. The minimum atomic E-state index is -0.748. The molecule has 0 saturated heterocycles. The summed E-state index contributed by atoms with van der Waals surface area (Å²) in [4.78, 5) is 40.5. The summed E-state index contributed by atoms with van der Waals surface area (Å²) in [6, 6.07) is 4.49. The molecule has 1 aromatic carbocycles. The Morgan fingerprint density at radius 3 is 2.55 bits per heavy atom. The number of benzene rings is 1. The summed E-state index contributed by atoms with van der Waals surface area (Å²) in [5.41, 5.74) is 1.65. The average Bonchev–Trinajstić information content (AvgIpc) is 3.37. The van der Waals surface area contributed by atoms with Crippen LogP contribution in [0.25, 0.3) is 0 Å². The van der Waals surface area contributed by atoms with Crippen LogP contribution in [0.1, 0.15) is 45.1 Å². The highest BCUT2D eigenvalue weighted by Gasteiger charge is 2.54. The van der Waals surface area contributed by atoms with Crippen molar-refractivity contribution in [1.29, 1.82) is 0 Å². The number of carbonyl (C=O) groups excluding carboxylic acids is 3. The van der Waals surface area contributed by atoms with Crippen LogP contribution in [0.15, 0.2) is 29.4 Å². The van der Waals surface area contributed by atoms with Crippen molar-refractivity contribution in [1.82, 2.24) is 15.2 Å². The molecule has 4 rings (SSSR count). The molecule has 1 aliphatic carbocycles. The maximum Gasteiger partial charge on any atom is 0.501 e. The van der Waals surface area contributed by atoms with Gasteiger partial charge in [-0.25, -0.2) is 9.18 Å². The minimum Gasteiger partial charge on any atom is -0.350 e. The van der Waals surface area contributed by atoms with Gasteiger partial charge >= 0.3 is 11.9 Å². The molecule has 4 amide bonds. The number of nitrogens with one attached hydrogen (secondary N) is 1. The van der Waals surface area contributed by atoms with Crippen molar-refractivity contribution in [2.24, 2.45) is 5.10 Å². The zero-order valence-corrected chi connectivity index (χ0v) is 17.8. The van der Waals surface area contributed by atoms with Gasteiger partial charge in [0.2, 0.25) is 6.04 Å². The Morgan fingerprint density at radius 1 is 1.23 bits per heavy atom. The number of fused-ring (bicyclic) bond motifs is 1. The first kappa shape index (κ1) is 21.1. The number of nitrogens with zero attached hydrogens (tertiary/aromatic N) is 4. The molecule has 9 heteroatoms. The maximum absolute atomic E-state index is 13.3. The quantitative estimate of drug-likeness (QED) is 0.701. The van der Waals surface area contributed by atoms with E-state index < -0.39 is 17.9 Å². The van der Waals surface area contributed by atoms with E-state index in [1.807, 2.05) is 6.92 Å². The molecule has 1 N–H and O–H groups in total. The minimum absolute atomic E-state index is 0.000920. The van der Waals surface area contributed by atoms with Crippen LogP contribution in [0.2, 0.25) is 0 Å². The van der Waals surface area contributed by atoms with Gasteiger partial charge < -0.3 is 5.32 Å². The van der Waals surface area contributed by atoms with Gasteiger partial charge in [0.05, 0.1) is 0 Å². The molecule has 2 heterocycles. The fraction of sp³-hybridized carbons (Fsp3) is 0.500. The molecular weight excluding hydrogens is 401 g/mol. The van der Waals surface area contributed by atoms with Crippen LogP contribution in [-0.4, -0.2) is 68.9 Å². The molecule has 1 saturated carbocycles. The lowest BCUT2D eigenvalue weighted by molar-refractivity contribution is -0.427. The Kier molecular flexibility index (Phi) is 5.84. The largest absolute Gasteiger partial charge is 0.501 e. The van der Waals surface area contributed by atoms with Crippen LogP contribution in [-0.2, 0) is 16.1 Å². The Bertz CT molecular complexity index is 966. The summed E-state index contributed by atoms with van der Waals surface area (Å²) in [5, 5.41) is 9.08. The fourth-order valence-corrected chi connectivity index (χ4v) is 4.53. The van der Waals surface area contributed by atoms with Crippen LogP contribution in [0.4, 0.5) is 9.18 Å². The number of likely N-dealkylation sites (N-methyl/N-ethyl adjacent to an activating group) is 1. The number of hydrogen-bond acceptors (Lipinski definition) is 5. The van der Waals surface area contributed by atoms with Crippen LogP contribution in [0.5, 0.6) is 0 Å². The third-order valence-electron chi connectivity index (χ3n) is 6.06. The first-order valence-corrected chi connectivity index (χ1v) is 10.7. The lowest BCUT2D eigenvalue weighted by atomic mass is 10.0. The predicted octanol–water partition coefficient (Wildman–Crippen LogP) is 1.88. The monoisotopic (exact) mass is 428 g/mol. The first-order chi connectivity index (χ1) is 14.9. The van der Waals surface area contributed by atoms with E-state index in [0.717, 1.165) is 30.6 Å². The van der Waals surface area contributed by atoms with Gasteiger partial charge in [0, 0.05) is 12.6 Å². The second-order valence-electron chi connectivity index (χ2n) is 8.20. The number of urea groups is 1. The van der Waals surface area contributed by atoms with Crippen molar-refractivity contribution in [3.63, 3.8) is 0 Å². The van der Waals surface area contributed by atoms with Crippen molar-refractivity contribution in [2.45, 2.75) is 58.2 Å². The van der Waals surface area contributed by atoms with E-state index in [1.54, 1.807) is 24.1 Å². The summed E-state index contributed by atoms with van der Waals surface area (Å²) < 4.78 is 14.7. The molecule has 8 nitrogen and oxygen atoms in total. The molecule has 3 aliphatic rings. The summed E-state index contributed by atoms with van der Waals surface area (Å²) in [6.45, 7) is 3.94. The number of hydrogen-bond donors (Lipinski definition) is 1. The fourth-order valence-electron chi connectivity index (χ4n) is 4.53. The van der Waals surface area contributed by atoms with Gasteiger partial charge in [0.1, 0.15) is 18.1 Å². The van der Waals surface area contributed by atoms with Gasteiger partial charge in [-0.3, -0.25) is 9.80 Å². The van der Waals surface area contributed by atoms with Crippen molar-refractivity contribution >= 4 is 29.3 Å².